The number of carbonyl (C=O) groups excluding carboxylic acids is 4. The number of primary amides is 1. The maximum absolute atomic E-state index is 13.1. The highest BCUT2D eigenvalue weighted by atomic mass is 32.2. The summed E-state index contributed by atoms with van der Waals surface area (Å²) in [5.41, 5.74) is 9.57. The van der Waals surface area contributed by atoms with E-state index in [1.807, 2.05) is 0 Å². The van der Waals surface area contributed by atoms with Gasteiger partial charge in [0.15, 0.2) is 0 Å². The molecule has 37 heavy (non-hydrogen) atoms. The minimum Gasteiger partial charge on any atom is -0.370 e. The third kappa shape index (κ3) is 7.57. The van der Waals surface area contributed by atoms with E-state index < -0.39 is 45.5 Å². The fourth-order valence-electron chi connectivity index (χ4n) is 3.73. The molecule has 0 bridgehead atoms. The average Bonchev–Trinajstić information content (AvgIpc) is 2.90. The lowest BCUT2D eigenvalue weighted by atomic mass is 10.1. The van der Waals surface area contributed by atoms with Crippen molar-refractivity contribution in [2.75, 3.05) is 13.1 Å². The van der Waals surface area contributed by atoms with Crippen LogP contribution in [0.5, 0.6) is 0 Å². The molecule has 1 saturated heterocycles. The van der Waals surface area contributed by atoms with Gasteiger partial charge in [0, 0.05) is 30.6 Å². The summed E-state index contributed by atoms with van der Waals surface area (Å²) in [7, 11) is -3.77. The van der Waals surface area contributed by atoms with E-state index in [4.69, 9.17) is 5.73 Å². The quantitative estimate of drug-likeness (QED) is 0.348. The van der Waals surface area contributed by atoms with E-state index in [0.717, 1.165) is 31.4 Å². The molecule has 0 aliphatic carbocycles. The first kappa shape index (κ1) is 27.7. The molecule has 0 spiro atoms. The Kier molecular flexibility index (Phi) is 9.31. The molecule has 11 nitrogen and oxygen atoms in total. The lowest BCUT2D eigenvalue weighted by Crippen LogP contribution is -2.52. The number of hydrogen-bond donors (Lipinski definition) is 4. The smallest absolute Gasteiger partial charge is 0.269 e. The predicted octanol–water partition coefficient (Wildman–Crippen LogP) is 0.825. The van der Waals surface area contributed by atoms with Gasteiger partial charge in [-0.15, -0.1) is 0 Å². The van der Waals surface area contributed by atoms with Crippen LogP contribution in [0.15, 0.2) is 53.4 Å². The number of sulfonamides is 1. The van der Waals surface area contributed by atoms with Gasteiger partial charge in [0.2, 0.25) is 15.9 Å². The summed E-state index contributed by atoms with van der Waals surface area (Å²) in [6.07, 6.45) is 2.10. The first-order valence-electron chi connectivity index (χ1n) is 11.6. The third-order valence-corrected chi connectivity index (χ3v) is 7.65. The SMILES string of the molecule is NC(=O)CCC(NC(=O)c1ccc(F)cc1)C(=O)NNC(=O)c1cccc(S(=O)(=O)N2CCCCC2)c1. The topological polar surface area (TPSA) is 168 Å². The van der Waals surface area contributed by atoms with E-state index in [0.29, 0.717) is 13.1 Å². The van der Waals surface area contributed by atoms with E-state index in [1.165, 1.54) is 40.7 Å². The largest absolute Gasteiger partial charge is 0.370 e. The van der Waals surface area contributed by atoms with Crippen LogP contribution in [0, 0.1) is 5.82 Å². The fourth-order valence-corrected chi connectivity index (χ4v) is 5.29. The number of rotatable bonds is 9. The number of nitrogens with one attached hydrogen (secondary N) is 3. The second-order valence-corrected chi connectivity index (χ2v) is 10.4. The van der Waals surface area contributed by atoms with Crippen LogP contribution in [0.1, 0.15) is 52.8 Å². The zero-order chi connectivity index (χ0) is 27.0. The summed E-state index contributed by atoms with van der Waals surface area (Å²) in [6, 6.07) is 8.76. The number of carbonyl (C=O) groups is 4. The summed E-state index contributed by atoms with van der Waals surface area (Å²) < 4.78 is 40.3. The molecule has 1 heterocycles. The number of halogens is 1. The molecular weight excluding hydrogens is 505 g/mol. The minimum atomic E-state index is -3.77. The molecule has 1 atom stereocenters. The number of nitrogens with zero attached hydrogens (tertiary/aromatic N) is 1. The van der Waals surface area contributed by atoms with Gasteiger partial charge in [-0.25, -0.2) is 12.8 Å². The van der Waals surface area contributed by atoms with Crippen LogP contribution < -0.4 is 21.9 Å². The number of amides is 4. The van der Waals surface area contributed by atoms with Crippen molar-refractivity contribution in [3.8, 4) is 0 Å². The first-order chi connectivity index (χ1) is 17.6. The molecular formula is C24H28FN5O6S. The van der Waals surface area contributed by atoms with Gasteiger partial charge in [0.25, 0.3) is 17.7 Å². The average molecular weight is 534 g/mol. The minimum absolute atomic E-state index is 0.0116. The highest BCUT2D eigenvalue weighted by molar-refractivity contribution is 7.89. The summed E-state index contributed by atoms with van der Waals surface area (Å²) in [4.78, 5) is 49.0. The highest BCUT2D eigenvalue weighted by Gasteiger charge is 2.27. The second kappa shape index (κ2) is 12.4. The van der Waals surface area contributed by atoms with Gasteiger partial charge in [-0.3, -0.25) is 30.0 Å². The van der Waals surface area contributed by atoms with E-state index in [2.05, 4.69) is 16.2 Å². The number of hydrazine groups is 1. The fraction of sp³-hybridized carbons (Fsp3) is 0.333. The van der Waals surface area contributed by atoms with Gasteiger partial charge in [-0.05, 0) is 61.7 Å². The highest BCUT2D eigenvalue weighted by Crippen LogP contribution is 2.21. The van der Waals surface area contributed by atoms with Crippen LogP contribution in [0.2, 0.25) is 0 Å². The van der Waals surface area contributed by atoms with Crippen molar-refractivity contribution < 1.29 is 32.0 Å². The van der Waals surface area contributed by atoms with Crippen molar-refractivity contribution in [3.63, 3.8) is 0 Å². The Balaban J connectivity index is 1.66. The van der Waals surface area contributed by atoms with Crippen LogP contribution in [0.25, 0.3) is 0 Å². The van der Waals surface area contributed by atoms with Crippen molar-refractivity contribution >= 4 is 33.7 Å². The number of benzene rings is 2. The molecule has 13 heteroatoms. The van der Waals surface area contributed by atoms with Gasteiger partial charge in [0.1, 0.15) is 11.9 Å². The lowest BCUT2D eigenvalue weighted by molar-refractivity contribution is -0.124. The predicted molar refractivity (Wildman–Crippen MR) is 131 cm³/mol. The molecule has 5 N–H and O–H groups in total. The molecule has 2 aromatic rings. The molecule has 1 aliphatic rings. The van der Waals surface area contributed by atoms with E-state index in [-0.39, 0.29) is 28.9 Å². The van der Waals surface area contributed by atoms with E-state index in [1.54, 1.807) is 0 Å². The normalized spacial score (nSPS) is 14.8. The van der Waals surface area contributed by atoms with Crippen molar-refractivity contribution in [2.45, 2.75) is 43.0 Å². The first-order valence-corrected chi connectivity index (χ1v) is 13.1. The van der Waals surface area contributed by atoms with E-state index >= 15 is 0 Å². The zero-order valence-electron chi connectivity index (χ0n) is 19.9. The van der Waals surface area contributed by atoms with Crippen LogP contribution >= 0.6 is 0 Å². The maximum atomic E-state index is 13.1. The molecule has 3 rings (SSSR count). The van der Waals surface area contributed by atoms with Crippen LogP contribution in [-0.2, 0) is 19.6 Å². The van der Waals surface area contributed by atoms with Gasteiger partial charge in [-0.1, -0.05) is 12.5 Å². The van der Waals surface area contributed by atoms with Crippen molar-refractivity contribution in [3.05, 3.63) is 65.5 Å². The monoisotopic (exact) mass is 533 g/mol. The molecule has 0 radical (unpaired) electrons. The van der Waals surface area contributed by atoms with Gasteiger partial charge < -0.3 is 11.1 Å². The molecule has 1 aliphatic heterocycles. The Morgan fingerprint density at radius 3 is 2.24 bits per heavy atom. The number of nitrogens with two attached hydrogens (primary N) is 1. The second-order valence-electron chi connectivity index (χ2n) is 8.47. The molecule has 0 saturated carbocycles. The van der Waals surface area contributed by atoms with E-state index in [9.17, 15) is 32.0 Å². The molecule has 0 aromatic heterocycles. The van der Waals surface area contributed by atoms with Gasteiger partial charge >= 0.3 is 0 Å². The summed E-state index contributed by atoms with van der Waals surface area (Å²) in [5.74, 6) is -3.59. The molecule has 1 unspecified atom stereocenters. The Labute approximate surface area is 213 Å². The molecule has 198 valence electrons. The Hall–Kier alpha value is -3.84. The van der Waals surface area contributed by atoms with Crippen molar-refractivity contribution in [2.24, 2.45) is 5.73 Å². The van der Waals surface area contributed by atoms with Gasteiger partial charge in [-0.2, -0.15) is 4.31 Å². The van der Waals surface area contributed by atoms with Crippen molar-refractivity contribution in [1.82, 2.24) is 20.5 Å². The molecule has 2 aromatic carbocycles. The van der Waals surface area contributed by atoms with Crippen LogP contribution in [-0.4, -0.2) is 55.5 Å². The summed E-state index contributed by atoms with van der Waals surface area (Å²) in [6.45, 7) is 0.816. The Bertz CT molecular complexity index is 1260. The maximum Gasteiger partial charge on any atom is 0.269 e. The standard InChI is InChI=1S/C24H28FN5O6S/c25-18-9-7-16(8-10-18)22(32)27-20(11-12-21(26)31)24(34)29-28-23(33)17-5-4-6-19(15-17)37(35,36)30-13-2-1-3-14-30/h4-10,15,20H,1-3,11-14H2,(H2,26,31)(H,27,32)(H,28,33)(H,29,34). The van der Waals surface area contributed by atoms with Crippen LogP contribution in [0.3, 0.4) is 0 Å². The van der Waals surface area contributed by atoms with Gasteiger partial charge in [0.05, 0.1) is 4.90 Å². The third-order valence-electron chi connectivity index (χ3n) is 5.76. The summed E-state index contributed by atoms with van der Waals surface area (Å²) in [5, 5.41) is 2.42. The molecule has 4 amide bonds. The Morgan fingerprint density at radius 2 is 1.59 bits per heavy atom. The van der Waals surface area contributed by atoms with Crippen molar-refractivity contribution in [1.29, 1.82) is 0 Å². The molecule has 1 fully saturated rings. The van der Waals surface area contributed by atoms with Crippen LogP contribution in [0.4, 0.5) is 4.39 Å². The number of piperidine rings is 1. The Morgan fingerprint density at radius 1 is 0.919 bits per heavy atom. The zero-order valence-corrected chi connectivity index (χ0v) is 20.7. The lowest BCUT2D eigenvalue weighted by Gasteiger charge is -2.26. The summed E-state index contributed by atoms with van der Waals surface area (Å²) >= 11 is 0. The number of hydrogen-bond acceptors (Lipinski definition) is 6.